The molecule has 4 heterocycles. The Bertz CT molecular complexity index is 1210. The number of nitrogens with zero attached hydrogens (tertiary/aromatic N) is 3. The van der Waals surface area contributed by atoms with Gasteiger partial charge in [0, 0.05) is 50.9 Å². The van der Waals surface area contributed by atoms with Crippen molar-refractivity contribution in [1.82, 2.24) is 20.0 Å². The lowest BCUT2D eigenvalue weighted by atomic mass is 9.76. The number of morpholine rings is 1. The van der Waals surface area contributed by atoms with E-state index in [1.165, 1.54) is 0 Å². The van der Waals surface area contributed by atoms with Gasteiger partial charge in [-0.3, -0.25) is 14.3 Å². The van der Waals surface area contributed by atoms with Gasteiger partial charge >= 0.3 is 5.97 Å². The molecule has 0 aliphatic carbocycles. The van der Waals surface area contributed by atoms with Crippen molar-refractivity contribution < 1.29 is 28.6 Å². The van der Waals surface area contributed by atoms with Crippen LogP contribution in [0, 0.1) is 11.3 Å². The minimum atomic E-state index is -0.465. The van der Waals surface area contributed by atoms with Gasteiger partial charge in [-0.25, -0.2) is 4.79 Å². The second-order valence-electron chi connectivity index (χ2n) is 11.0. The van der Waals surface area contributed by atoms with E-state index in [2.05, 4.69) is 5.32 Å². The number of hydrogen-bond acceptors (Lipinski definition) is 7. The van der Waals surface area contributed by atoms with Crippen LogP contribution in [0.5, 0.6) is 0 Å². The molecule has 2 fully saturated rings. The third kappa shape index (κ3) is 6.01. The highest BCUT2D eigenvalue weighted by molar-refractivity contribution is 5.98. The van der Waals surface area contributed by atoms with Crippen LogP contribution >= 0.6 is 0 Å². The SMILES string of the molecule is CCc1nn(C[C@@H](C)COC(=O)c2cccc(C(=O)N3CCOCC3)c2)c2c1C(=O)NCC1(CCOCC1)C2. The lowest BCUT2D eigenvalue weighted by Gasteiger charge is -2.36. The quantitative estimate of drug-likeness (QED) is 0.539. The Morgan fingerprint density at radius 3 is 2.59 bits per heavy atom. The lowest BCUT2D eigenvalue weighted by Crippen LogP contribution is -2.41. The maximum Gasteiger partial charge on any atom is 0.338 e. The van der Waals surface area contributed by atoms with Gasteiger partial charge in [0.15, 0.2) is 0 Å². The van der Waals surface area contributed by atoms with E-state index in [0.717, 1.165) is 30.7 Å². The number of amides is 2. The second-order valence-corrected chi connectivity index (χ2v) is 11.0. The van der Waals surface area contributed by atoms with Crippen LogP contribution in [0.4, 0.5) is 0 Å². The molecule has 39 heavy (non-hydrogen) atoms. The van der Waals surface area contributed by atoms with E-state index in [9.17, 15) is 14.4 Å². The number of nitrogens with one attached hydrogen (secondary N) is 1. The molecule has 210 valence electrons. The Kier molecular flexibility index (Phi) is 8.32. The molecule has 0 bridgehead atoms. The smallest absolute Gasteiger partial charge is 0.338 e. The average molecular weight is 539 g/mol. The van der Waals surface area contributed by atoms with Crippen molar-refractivity contribution in [3.63, 3.8) is 0 Å². The van der Waals surface area contributed by atoms with Crippen LogP contribution in [-0.2, 0) is 33.6 Å². The standard InChI is InChI=1S/C29H38N4O6/c1-3-23-25-24(16-29(19-30-26(25)34)7-11-37-12-8-29)33(31-23)17-20(2)18-39-28(36)22-6-4-5-21(15-22)27(35)32-9-13-38-14-10-32/h4-6,15,20H,3,7-14,16-19H2,1-2H3,(H,30,34)/t20-/m1/s1. The number of aromatic nitrogens is 2. The molecule has 0 radical (unpaired) electrons. The molecule has 3 aliphatic heterocycles. The average Bonchev–Trinajstić information content (AvgIpc) is 3.24. The molecule has 10 nitrogen and oxygen atoms in total. The number of fused-ring (bicyclic) bond motifs is 1. The summed E-state index contributed by atoms with van der Waals surface area (Å²) in [5.41, 5.74) is 3.26. The van der Waals surface area contributed by atoms with Crippen LogP contribution < -0.4 is 5.32 Å². The third-order valence-electron chi connectivity index (χ3n) is 8.04. The van der Waals surface area contributed by atoms with Gasteiger partial charge in [-0.2, -0.15) is 5.10 Å². The van der Waals surface area contributed by atoms with Gasteiger partial charge in [0.2, 0.25) is 0 Å². The van der Waals surface area contributed by atoms with Crippen LogP contribution in [0.1, 0.15) is 69.2 Å². The summed E-state index contributed by atoms with van der Waals surface area (Å²) in [4.78, 5) is 40.5. The minimum absolute atomic E-state index is 0.0265. The maximum atomic E-state index is 13.1. The van der Waals surface area contributed by atoms with E-state index in [4.69, 9.17) is 19.3 Å². The van der Waals surface area contributed by atoms with Crippen LogP contribution in [0.15, 0.2) is 24.3 Å². The summed E-state index contributed by atoms with van der Waals surface area (Å²) in [7, 11) is 0. The molecule has 2 aromatic rings. The van der Waals surface area contributed by atoms with Gasteiger partial charge in [0.1, 0.15) is 0 Å². The van der Waals surface area contributed by atoms with Crippen molar-refractivity contribution >= 4 is 17.8 Å². The fourth-order valence-electron chi connectivity index (χ4n) is 5.70. The molecule has 1 spiro atoms. The first kappa shape index (κ1) is 27.3. The van der Waals surface area contributed by atoms with Crippen molar-refractivity contribution in [2.24, 2.45) is 11.3 Å². The zero-order chi connectivity index (χ0) is 27.4. The molecule has 3 aliphatic rings. The van der Waals surface area contributed by atoms with Gasteiger partial charge in [-0.05, 0) is 49.3 Å². The van der Waals surface area contributed by atoms with Crippen LogP contribution in [0.25, 0.3) is 0 Å². The monoisotopic (exact) mass is 538 g/mol. The molecule has 10 heteroatoms. The summed E-state index contributed by atoms with van der Waals surface area (Å²) in [6.45, 7) is 8.91. The number of hydrogen-bond donors (Lipinski definition) is 1. The predicted octanol–water partition coefficient (Wildman–Crippen LogP) is 2.49. The molecule has 1 aromatic heterocycles. The van der Waals surface area contributed by atoms with Gasteiger partial charge in [-0.1, -0.05) is 19.9 Å². The normalized spacial score (nSPS) is 19.6. The van der Waals surface area contributed by atoms with Crippen LogP contribution in [0.3, 0.4) is 0 Å². The van der Waals surface area contributed by atoms with Gasteiger partial charge in [0.05, 0.1) is 42.3 Å². The Morgan fingerprint density at radius 1 is 1.13 bits per heavy atom. The first-order valence-electron chi connectivity index (χ1n) is 14.0. The summed E-state index contributed by atoms with van der Waals surface area (Å²) in [5, 5.41) is 7.96. The molecule has 1 N–H and O–H groups in total. The van der Waals surface area contributed by atoms with E-state index in [1.807, 2.05) is 18.5 Å². The first-order chi connectivity index (χ1) is 18.9. The summed E-state index contributed by atoms with van der Waals surface area (Å²) >= 11 is 0. The third-order valence-corrected chi connectivity index (χ3v) is 8.04. The van der Waals surface area contributed by atoms with E-state index >= 15 is 0 Å². The molecule has 0 saturated carbocycles. The van der Waals surface area contributed by atoms with Crippen LogP contribution in [-0.4, -0.2) is 85.1 Å². The van der Waals surface area contributed by atoms with Crippen molar-refractivity contribution in [3.8, 4) is 0 Å². The molecule has 1 atom stereocenters. The molecule has 2 amide bonds. The Balaban J connectivity index is 1.25. The minimum Gasteiger partial charge on any atom is -0.462 e. The van der Waals surface area contributed by atoms with Crippen LogP contribution in [0.2, 0.25) is 0 Å². The topological polar surface area (TPSA) is 112 Å². The highest BCUT2D eigenvalue weighted by Crippen LogP contribution is 2.37. The fraction of sp³-hybridized carbons (Fsp3) is 0.586. The van der Waals surface area contributed by atoms with Gasteiger partial charge in [-0.15, -0.1) is 0 Å². The zero-order valence-corrected chi connectivity index (χ0v) is 22.9. The van der Waals surface area contributed by atoms with Crippen molar-refractivity contribution in [1.29, 1.82) is 0 Å². The van der Waals surface area contributed by atoms with Crippen molar-refractivity contribution in [2.75, 3.05) is 52.7 Å². The highest BCUT2D eigenvalue weighted by atomic mass is 16.5. The highest BCUT2D eigenvalue weighted by Gasteiger charge is 2.39. The number of ether oxygens (including phenoxy) is 3. The zero-order valence-electron chi connectivity index (χ0n) is 22.9. The molecular formula is C29H38N4O6. The molecule has 1 aromatic carbocycles. The van der Waals surface area contributed by atoms with Crippen molar-refractivity contribution in [2.45, 2.75) is 46.1 Å². The number of aryl methyl sites for hydroxylation is 1. The molecule has 5 rings (SSSR count). The predicted molar refractivity (Wildman–Crippen MR) is 143 cm³/mol. The van der Waals surface area contributed by atoms with E-state index in [0.29, 0.717) is 75.7 Å². The summed E-state index contributed by atoms with van der Waals surface area (Å²) < 4.78 is 18.5. The van der Waals surface area contributed by atoms with E-state index < -0.39 is 5.97 Å². The van der Waals surface area contributed by atoms with Gasteiger partial charge < -0.3 is 24.4 Å². The lowest BCUT2D eigenvalue weighted by molar-refractivity contribution is 0.0151. The molecular weight excluding hydrogens is 500 g/mol. The first-order valence-corrected chi connectivity index (χ1v) is 14.0. The largest absolute Gasteiger partial charge is 0.462 e. The van der Waals surface area contributed by atoms with Gasteiger partial charge in [0.25, 0.3) is 11.8 Å². The molecule has 0 unspecified atom stereocenters. The number of carbonyl (C=O) groups excluding carboxylic acids is 3. The number of rotatable bonds is 7. The second kappa shape index (κ2) is 11.9. The van der Waals surface area contributed by atoms with E-state index in [1.54, 1.807) is 29.2 Å². The Morgan fingerprint density at radius 2 is 1.85 bits per heavy atom. The maximum absolute atomic E-state index is 13.1. The number of esters is 1. The summed E-state index contributed by atoms with van der Waals surface area (Å²) in [6, 6.07) is 6.68. The van der Waals surface area contributed by atoms with Crippen molar-refractivity contribution in [3.05, 3.63) is 52.3 Å². The molecule has 2 saturated heterocycles. The summed E-state index contributed by atoms with van der Waals surface area (Å²) in [5.74, 6) is -0.661. The Hall–Kier alpha value is -3.24. The summed E-state index contributed by atoms with van der Waals surface area (Å²) in [6.07, 6.45) is 3.24. The Labute approximate surface area is 229 Å². The number of benzene rings is 1. The number of carbonyl (C=O) groups is 3. The fourth-order valence-corrected chi connectivity index (χ4v) is 5.70. The van der Waals surface area contributed by atoms with E-state index in [-0.39, 0.29) is 29.8 Å².